The van der Waals surface area contributed by atoms with E-state index in [1.165, 1.54) is 16.7 Å². The number of thioether (sulfide) groups is 1. The van der Waals surface area contributed by atoms with E-state index >= 15 is 0 Å². The number of carbonyl (C=O) groups excluding carboxylic acids is 2. The minimum atomic E-state index is -1.09. The first-order valence-electron chi connectivity index (χ1n) is 10.9. The molecule has 0 fully saturated rings. The molecule has 1 unspecified atom stereocenters. The fourth-order valence-corrected chi connectivity index (χ4v) is 4.64. The molecule has 1 amide bonds. The van der Waals surface area contributed by atoms with Crippen LogP contribution in [0.4, 0.5) is 5.69 Å². The molecule has 1 aromatic carbocycles. The maximum Gasteiger partial charge on any atom is 0.323 e. The van der Waals surface area contributed by atoms with Crippen LogP contribution in [0.1, 0.15) is 45.4 Å². The highest BCUT2D eigenvalue weighted by Crippen LogP contribution is 2.34. The van der Waals surface area contributed by atoms with Crippen molar-refractivity contribution in [3.05, 3.63) is 24.3 Å². The largest absolute Gasteiger partial charge is 0.480 e. The fraction of sp³-hybridized carbons (Fsp3) is 0.591. The fourth-order valence-electron chi connectivity index (χ4n) is 3.55. The predicted molar refractivity (Wildman–Crippen MR) is 121 cm³/mol. The van der Waals surface area contributed by atoms with Gasteiger partial charge >= 0.3 is 11.9 Å². The van der Waals surface area contributed by atoms with E-state index in [9.17, 15) is 19.5 Å². The third-order valence-corrected chi connectivity index (χ3v) is 6.25. The first-order chi connectivity index (χ1) is 15.0. The normalized spacial score (nSPS) is 17.0. The van der Waals surface area contributed by atoms with Crippen LogP contribution in [-0.4, -0.2) is 60.5 Å². The first kappa shape index (κ1) is 25.2. The summed E-state index contributed by atoms with van der Waals surface area (Å²) in [4.78, 5) is 39.3. The number of carbonyl (C=O) groups is 3. The molecule has 0 radical (unpaired) electrons. The molecule has 0 aromatic heterocycles. The molecule has 0 saturated carbocycles. The molecule has 1 aromatic rings. The van der Waals surface area contributed by atoms with Crippen molar-refractivity contribution in [2.24, 2.45) is 5.73 Å². The summed E-state index contributed by atoms with van der Waals surface area (Å²) in [7, 11) is 0. The van der Waals surface area contributed by atoms with Crippen LogP contribution in [0, 0.1) is 0 Å². The number of carboxylic acid groups (broad SMARTS) is 1. The molecule has 0 aliphatic carbocycles. The Balaban J connectivity index is 2.10. The van der Waals surface area contributed by atoms with Gasteiger partial charge in [0, 0.05) is 10.6 Å². The van der Waals surface area contributed by atoms with Crippen molar-refractivity contribution in [1.29, 1.82) is 0 Å². The van der Waals surface area contributed by atoms with Crippen LogP contribution >= 0.6 is 11.8 Å². The highest BCUT2D eigenvalue weighted by molar-refractivity contribution is 7.99. The molecule has 31 heavy (non-hydrogen) atoms. The van der Waals surface area contributed by atoms with Gasteiger partial charge in [0.15, 0.2) is 0 Å². The van der Waals surface area contributed by atoms with Gasteiger partial charge in [0.1, 0.15) is 12.6 Å². The minimum Gasteiger partial charge on any atom is -0.480 e. The third kappa shape index (κ3) is 7.83. The molecule has 1 aliphatic rings. The van der Waals surface area contributed by atoms with Gasteiger partial charge in [-0.05, 0) is 38.4 Å². The molecular formula is C22H33N3O5S. The van der Waals surface area contributed by atoms with E-state index in [4.69, 9.17) is 10.5 Å². The van der Waals surface area contributed by atoms with Crippen molar-refractivity contribution in [1.82, 2.24) is 5.32 Å². The first-order valence-corrected chi connectivity index (χ1v) is 11.8. The van der Waals surface area contributed by atoms with Gasteiger partial charge < -0.3 is 15.6 Å². The zero-order valence-electron chi connectivity index (χ0n) is 18.0. The summed E-state index contributed by atoms with van der Waals surface area (Å²) in [6, 6.07) is 5.95. The Labute approximate surface area is 187 Å². The van der Waals surface area contributed by atoms with Crippen molar-refractivity contribution in [2.45, 2.75) is 62.4 Å². The molecule has 9 heteroatoms. The Morgan fingerprint density at radius 2 is 1.97 bits per heavy atom. The summed E-state index contributed by atoms with van der Waals surface area (Å²) in [6.45, 7) is 2.26. The Kier molecular flexibility index (Phi) is 10.8. The molecule has 8 nitrogen and oxygen atoms in total. The molecule has 4 N–H and O–H groups in total. The maximum atomic E-state index is 13.2. The summed E-state index contributed by atoms with van der Waals surface area (Å²) in [6.07, 6.45) is 5.46. The van der Waals surface area contributed by atoms with Crippen LogP contribution < -0.4 is 16.0 Å². The van der Waals surface area contributed by atoms with Crippen molar-refractivity contribution >= 4 is 35.3 Å². The summed E-state index contributed by atoms with van der Waals surface area (Å²) >= 11 is 1.47. The Morgan fingerprint density at radius 1 is 1.26 bits per heavy atom. The van der Waals surface area contributed by atoms with E-state index in [0.717, 1.165) is 37.0 Å². The molecule has 0 saturated heterocycles. The van der Waals surface area contributed by atoms with Gasteiger partial charge in [0.05, 0.1) is 18.3 Å². The minimum absolute atomic E-state index is 0.261. The predicted octanol–water partition coefficient (Wildman–Crippen LogP) is 2.40. The smallest absolute Gasteiger partial charge is 0.323 e. The molecule has 2 rings (SSSR count). The lowest BCUT2D eigenvalue weighted by molar-refractivity contribution is -0.146. The number of unbranched alkanes of at least 4 members (excludes halogenated alkanes) is 4. The number of nitrogens with two attached hydrogens (primary N) is 1. The van der Waals surface area contributed by atoms with Crippen molar-refractivity contribution in [2.75, 3.05) is 30.3 Å². The van der Waals surface area contributed by atoms with Crippen molar-refractivity contribution < 1.29 is 24.2 Å². The standard InChI is InChI=1S/C22H33N3O5S/c1-2-30-22(29)16(10-6-4-3-5-9-13-23)24-17-15-31-19-12-8-7-11-18(19)25(21(17)28)14-20(26)27/h7-8,11-12,16-17,24H,2-6,9-10,13-15,23H2,1H3,(H,26,27)/t16-,17?/m1/s1. The Bertz CT molecular complexity index is 746. The van der Waals surface area contributed by atoms with Crippen LogP contribution in [0.3, 0.4) is 0 Å². The average Bonchev–Trinajstić information content (AvgIpc) is 2.87. The molecule has 0 spiro atoms. The second-order valence-electron chi connectivity index (χ2n) is 7.47. The van der Waals surface area contributed by atoms with Crippen LogP contribution in [0.15, 0.2) is 29.2 Å². The number of ether oxygens (including phenoxy) is 1. The van der Waals surface area contributed by atoms with Gasteiger partial charge in [-0.25, -0.2) is 0 Å². The quantitative estimate of drug-likeness (QED) is 0.309. The molecule has 1 heterocycles. The number of esters is 1. The monoisotopic (exact) mass is 451 g/mol. The number of benzene rings is 1. The molecule has 172 valence electrons. The SMILES string of the molecule is CCOC(=O)[C@@H](CCCCCCCN)NC1CSc2ccccc2N(CC(=O)O)C1=O. The molecule has 0 bridgehead atoms. The van der Waals surface area contributed by atoms with Crippen LogP contribution in [-0.2, 0) is 19.1 Å². The van der Waals surface area contributed by atoms with E-state index in [1.54, 1.807) is 19.1 Å². The summed E-state index contributed by atoms with van der Waals surface area (Å²) in [5.74, 6) is -1.42. The molecular weight excluding hydrogens is 418 g/mol. The third-order valence-electron chi connectivity index (χ3n) is 5.09. The zero-order chi connectivity index (χ0) is 22.6. The highest BCUT2D eigenvalue weighted by Gasteiger charge is 2.34. The summed E-state index contributed by atoms with van der Waals surface area (Å²) in [5.41, 5.74) is 6.10. The number of rotatable bonds is 13. The second kappa shape index (κ2) is 13.3. The lowest BCUT2D eigenvalue weighted by atomic mass is 10.0. The molecule has 2 atom stereocenters. The number of hydrogen-bond donors (Lipinski definition) is 3. The van der Waals surface area contributed by atoms with Crippen LogP contribution in [0.25, 0.3) is 0 Å². The van der Waals surface area contributed by atoms with Gasteiger partial charge in [0.25, 0.3) is 0 Å². The maximum absolute atomic E-state index is 13.2. The van der Waals surface area contributed by atoms with Gasteiger partial charge in [-0.1, -0.05) is 37.8 Å². The van der Waals surface area contributed by atoms with Gasteiger partial charge in [-0.15, -0.1) is 11.8 Å². The Hall–Kier alpha value is -2.10. The van der Waals surface area contributed by atoms with E-state index in [1.807, 2.05) is 12.1 Å². The molecule has 1 aliphatic heterocycles. The number of nitrogens with zero attached hydrogens (tertiary/aromatic N) is 1. The van der Waals surface area contributed by atoms with E-state index in [2.05, 4.69) is 5.32 Å². The summed E-state index contributed by atoms with van der Waals surface area (Å²) in [5, 5.41) is 12.5. The summed E-state index contributed by atoms with van der Waals surface area (Å²) < 4.78 is 5.22. The lowest BCUT2D eigenvalue weighted by Gasteiger charge is -2.27. The Morgan fingerprint density at radius 3 is 2.68 bits per heavy atom. The van der Waals surface area contributed by atoms with E-state index in [-0.39, 0.29) is 18.5 Å². The highest BCUT2D eigenvalue weighted by atomic mass is 32.2. The average molecular weight is 452 g/mol. The number of carboxylic acids is 1. The van der Waals surface area contributed by atoms with Gasteiger partial charge in [0.2, 0.25) is 5.91 Å². The van der Waals surface area contributed by atoms with Gasteiger partial charge in [-0.3, -0.25) is 24.6 Å². The van der Waals surface area contributed by atoms with E-state index in [0.29, 0.717) is 24.4 Å². The number of para-hydroxylation sites is 1. The number of fused-ring (bicyclic) bond motifs is 1. The van der Waals surface area contributed by atoms with E-state index < -0.39 is 24.6 Å². The number of anilines is 1. The van der Waals surface area contributed by atoms with Crippen LogP contribution in [0.2, 0.25) is 0 Å². The topological polar surface area (TPSA) is 122 Å². The van der Waals surface area contributed by atoms with Crippen molar-refractivity contribution in [3.8, 4) is 0 Å². The number of amides is 1. The van der Waals surface area contributed by atoms with Gasteiger partial charge in [-0.2, -0.15) is 0 Å². The second-order valence-corrected chi connectivity index (χ2v) is 8.53. The number of nitrogens with one attached hydrogen (secondary N) is 1. The van der Waals surface area contributed by atoms with Crippen LogP contribution in [0.5, 0.6) is 0 Å². The number of aliphatic carboxylic acids is 1. The zero-order valence-corrected chi connectivity index (χ0v) is 18.9. The lowest BCUT2D eigenvalue weighted by Crippen LogP contribution is -2.54. The van der Waals surface area contributed by atoms with Crippen molar-refractivity contribution in [3.63, 3.8) is 0 Å². The number of hydrogen-bond acceptors (Lipinski definition) is 7.